The number of sulfonamides is 1. The van der Waals surface area contributed by atoms with Crippen LogP contribution < -0.4 is 29.6 Å². The van der Waals surface area contributed by atoms with Gasteiger partial charge in [-0.2, -0.15) is 0 Å². The van der Waals surface area contributed by atoms with Gasteiger partial charge in [0.15, 0.2) is 5.13 Å². The van der Waals surface area contributed by atoms with E-state index in [0.29, 0.717) is 46.4 Å². The molecule has 2 aromatic heterocycles. The standard InChI is InChI=1S/C38H44ClN5O5S.C4H7NO3S.C2H2/c1-8-21-16-28(21)41-34(45)29-18-25(49-35-27-17-23(39)12-15-26(27)30(48-7)19-40-35)20-44(29)36(46)33(38(3,4)5)43-37-42-32(31(9-2)50-37)22-10-13-24(47-6)14-11-22;6-3-5-9(7,8)4-1-2-4;1-2/h8,10-15,17,19,21,25,28-29,33H,1,9,16,18,20H2,2-7H3,(H,41,45)(H,42,43);3-4H,1-2H2,(H,5,6);1-2H/t21-,25-,28-,29+,33-;;/m1../s1. The monoisotopic (exact) mass is 892 g/mol. The Balaban J connectivity index is 0.000000562. The van der Waals surface area contributed by atoms with Gasteiger partial charge in [-0.25, -0.2) is 18.4 Å². The lowest BCUT2D eigenvalue weighted by Crippen LogP contribution is -2.54. The van der Waals surface area contributed by atoms with E-state index < -0.39 is 33.6 Å². The van der Waals surface area contributed by atoms with Crippen molar-refractivity contribution < 1.29 is 37.0 Å². The number of hydrogen-bond acceptors (Lipinski definition) is 12. The molecule has 3 amide bonds. The molecule has 1 saturated heterocycles. The highest BCUT2D eigenvalue weighted by atomic mass is 35.5. The van der Waals surface area contributed by atoms with Gasteiger partial charge in [0.05, 0.1) is 37.9 Å². The number of benzene rings is 2. The quantitative estimate of drug-likeness (QED) is 0.0663. The smallest absolute Gasteiger partial charge is 0.246 e. The number of aryl methyl sites for hydroxylation is 1. The van der Waals surface area contributed by atoms with Crippen molar-refractivity contribution >= 4 is 67.1 Å². The molecule has 0 bridgehead atoms. The van der Waals surface area contributed by atoms with Crippen LogP contribution >= 0.6 is 22.9 Å². The van der Waals surface area contributed by atoms with Crippen molar-refractivity contribution in [2.45, 2.75) is 89.3 Å². The minimum absolute atomic E-state index is 0.0157. The van der Waals surface area contributed by atoms with Crippen LogP contribution in [0.4, 0.5) is 5.13 Å². The average molecular weight is 894 g/mol. The average Bonchev–Trinajstić information content (AvgIpc) is 4.16. The van der Waals surface area contributed by atoms with Crippen LogP contribution in [0.3, 0.4) is 0 Å². The number of pyridine rings is 1. The van der Waals surface area contributed by atoms with E-state index in [4.69, 9.17) is 30.8 Å². The summed E-state index contributed by atoms with van der Waals surface area (Å²) in [6.45, 7) is 12.2. The lowest BCUT2D eigenvalue weighted by atomic mass is 9.85. The number of hydrogen-bond donors (Lipinski definition) is 3. The number of anilines is 1. The van der Waals surface area contributed by atoms with Gasteiger partial charge < -0.3 is 29.7 Å². The van der Waals surface area contributed by atoms with Crippen molar-refractivity contribution in [3.8, 4) is 41.5 Å². The highest BCUT2D eigenvalue weighted by Gasteiger charge is 2.47. The van der Waals surface area contributed by atoms with Crippen molar-refractivity contribution in [2.24, 2.45) is 11.3 Å². The van der Waals surface area contributed by atoms with E-state index in [-0.39, 0.29) is 42.0 Å². The number of nitrogens with zero attached hydrogens (tertiary/aromatic N) is 3. The first-order valence-corrected chi connectivity index (χ1v) is 22.6. The molecule has 14 nitrogen and oxygen atoms in total. The molecule has 7 rings (SSSR count). The fourth-order valence-corrected chi connectivity index (χ4v) is 9.19. The predicted molar refractivity (Wildman–Crippen MR) is 239 cm³/mol. The number of methoxy groups -OCH3 is 2. The van der Waals surface area contributed by atoms with Gasteiger partial charge in [0.1, 0.15) is 29.7 Å². The van der Waals surface area contributed by atoms with E-state index in [0.717, 1.165) is 40.1 Å². The summed E-state index contributed by atoms with van der Waals surface area (Å²) in [5, 5.41) is 8.98. The van der Waals surface area contributed by atoms with Crippen molar-refractivity contribution in [1.29, 1.82) is 0 Å². The second-order valence-electron chi connectivity index (χ2n) is 15.9. The maximum Gasteiger partial charge on any atom is 0.246 e. The Morgan fingerprint density at radius 1 is 1.08 bits per heavy atom. The third-order valence-electron chi connectivity index (χ3n) is 10.5. The number of likely N-dealkylation sites (tertiary alicyclic amines) is 1. The summed E-state index contributed by atoms with van der Waals surface area (Å²) in [6, 6.07) is 11.8. The second-order valence-corrected chi connectivity index (χ2v) is 19.4. The molecule has 3 N–H and O–H groups in total. The van der Waals surface area contributed by atoms with Gasteiger partial charge >= 0.3 is 0 Å². The van der Waals surface area contributed by atoms with Crippen molar-refractivity contribution in [3.05, 3.63) is 71.2 Å². The fourth-order valence-electron chi connectivity index (χ4n) is 6.98. The molecule has 4 aromatic rings. The Labute approximate surface area is 366 Å². The van der Waals surface area contributed by atoms with Crippen LogP contribution in [0, 0.1) is 24.2 Å². The normalized spacial score (nSPS) is 19.8. The molecule has 1 aliphatic heterocycles. The summed E-state index contributed by atoms with van der Waals surface area (Å²) in [5.41, 5.74) is 1.32. The molecule has 5 atom stereocenters. The highest BCUT2D eigenvalue weighted by Crippen LogP contribution is 2.38. The van der Waals surface area contributed by atoms with E-state index in [1.807, 2.05) is 57.2 Å². The summed E-state index contributed by atoms with van der Waals surface area (Å²) in [4.78, 5) is 50.5. The third kappa shape index (κ3) is 11.3. The Morgan fingerprint density at radius 3 is 2.36 bits per heavy atom. The number of carbonyl (C=O) groups is 3. The predicted octanol–water partition coefficient (Wildman–Crippen LogP) is 6.63. The molecule has 2 aromatic carbocycles. The molecule has 17 heteroatoms. The zero-order valence-electron chi connectivity index (χ0n) is 35.1. The second kappa shape index (κ2) is 20.0. The molecule has 3 aliphatic rings. The van der Waals surface area contributed by atoms with Crippen LogP contribution in [-0.4, -0.2) is 91.8 Å². The third-order valence-corrected chi connectivity index (χ3v) is 13.7. The number of fused-ring (bicyclic) bond motifs is 1. The van der Waals surface area contributed by atoms with E-state index >= 15 is 0 Å². The molecule has 2 saturated carbocycles. The molecule has 3 fully saturated rings. The van der Waals surface area contributed by atoms with Gasteiger partial charge in [0, 0.05) is 38.7 Å². The molecule has 326 valence electrons. The zero-order valence-corrected chi connectivity index (χ0v) is 37.5. The number of carbonyl (C=O) groups excluding carboxylic acids is 3. The number of thiazole rings is 1. The van der Waals surface area contributed by atoms with E-state index in [1.54, 1.807) is 42.2 Å². The van der Waals surface area contributed by atoms with E-state index in [2.05, 4.69) is 42.0 Å². The Kier molecular flexibility index (Phi) is 15.3. The van der Waals surface area contributed by atoms with Gasteiger partial charge in [-0.05, 0) is 79.5 Å². The minimum atomic E-state index is -3.26. The number of nitrogens with one attached hydrogen (secondary N) is 3. The summed E-state index contributed by atoms with van der Waals surface area (Å²) in [6.07, 6.45) is 14.5. The van der Waals surface area contributed by atoms with E-state index in [9.17, 15) is 22.8 Å². The maximum absolute atomic E-state index is 14.7. The minimum Gasteiger partial charge on any atom is -0.497 e. The van der Waals surface area contributed by atoms with Gasteiger partial charge in [0.25, 0.3) is 0 Å². The first-order chi connectivity index (χ1) is 29.1. The van der Waals surface area contributed by atoms with Gasteiger partial charge in [-0.3, -0.25) is 19.1 Å². The molecule has 3 heterocycles. The van der Waals surface area contributed by atoms with Crippen molar-refractivity contribution in [1.82, 2.24) is 24.9 Å². The number of amides is 3. The molecule has 61 heavy (non-hydrogen) atoms. The van der Waals surface area contributed by atoms with Gasteiger partial charge in [0.2, 0.25) is 34.1 Å². The molecule has 0 unspecified atom stereocenters. The summed E-state index contributed by atoms with van der Waals surface area (Å²) >= 11 is 7.90. The number of terminal acetylenes is 1. The van der Waals surface area contributed by atoms with E-state index in [1.165, 1.54) is 11.3 Å². The maximum atomic E-state index is 14.7. The highest BCUT2D eigenvalue weighted by molar-refractivity contribution is 7.90. The number of aromatic nitrogens is 2. The fraction of sp³-hybridized carbons (Fsp3) is 0.432. The first kappa shape index (κ1) is 46.7. The number of ether oxygens (including phenoxy) is 3. The molecule has 0 radical (unpaired) electrons. The number of halogens is 1. The zero-order chi connectivity index (χ0) is 44.6. The van der Waals surface area contributed by atoms with Crippen molar-refractivity contribution in [2.75, 3.05) is 26.1 Å². The van der Waals surface area contributed by atoms with Crippen molar-refractivity contribution in [3.63, 3.8) is 0 Å². The van der Waals surface area contributed by atoms with Crippen LogP contribution in [0.25, 0.3) is 22.0 Å². The van der Waals surface area contributed by atoms with Crippen LogP contribution in [0.15, 0.2) is 61.3 Å². The number of rotatable bonds is 15. The largest absolute Gasteiger partial charge is 0.497 e. The Hall–Kier alpha value is -5.37. The summed E-state index contributed by atoms with van der Waals surface area (Å²) in [5.74, 6) is 1.56. The molecular weight excluding hydrogens is 840 g/mol. The van der Waals surface area contributed by atoms with Crippen LogP contribution in [0.2, 0.25) is 5.02 Å². The van der Waals surface area contributed by atoms with Gasteiger partial charge in [-0.15, -0.1) is 30.8 Å². The van der Waals surface area contributed by atoms with Gasteiger partial charge in [-0.1, -0.05) is 45.4 Å². The first-order valence-electron chi connectivity index (χ1n) is 19.8. The Bertz CT molecular complexity index is 2340. The summed E-state index contributed by atoms with van der Waals surface area (Å²) in [7, 11) is -0.0308. The van der Waals surface area contributed by atoms with Crippen LogP contribution in [0.5, 0.6) is 17.4 Å². The molecule has 0 spiro atoms. The molecular formula is C44H53ClN6O8S2. The topological polar surface area (TPSA) is 178 Å². The Morgan fingerprint density at radius 2 is 1.79 bits per heavy atom. The van der Waals surface area contributed by atoms with Crippen LogP contribution in [-0.2, 0) is 30.8 Å². The molecule has 2 aliphatic carbocycles. The lowest BCUT2D eigenvalue weighted by Gasteiger charge is -2.35. The lowest BCUT2D eigenvalue weighted by molar-refractivity contribution is -0.140. The summed E-state index contributed by atoms with van der Waals surface area (Å²) < 4.78 is 40.4. The SMILES string of the molecule is C#C.C=C[C@@H]1C[C@H]1NC(=O)[C@@H]1C[C@@H](Oc2ncc(OC)c3ccc(Cl)cc23)CN1C(=O)[C@@H](Nc1nc(-c2ccc(OC)cc2)c(CC)s1)C(C)(C)C.O=CNS(=O)(=O)C1CC1. The van der Waals surface area contributed by atoms with Crippen LogP contribution in [0.1, 0.15) is 58.3 Å².